The van der Waals surface area contributed by atoms with Crippen LogP contribution in [0.1, 0.15) is 10.6 Å². The third kappa shape index (κ3) is 2.81. The van der Waals surface area contributed by atoms with Gasteiger partial charge in [0.25, 0.3) is 5.91 Å². The van der Waals surface area contributed by atoms with Crippen LogP contribution in [0.25, 0.3) is 0 Å². The van der Waals surface area contributed by atoms with Crippen molar-refractivity contribution in [3.63, 3.8) is 0 Å². The number of piperazine rings is 1. The molecule has 7 heteroatoms. The molecular weight excluding hydrogens is 270 g/mol. The summed E-state index contributed by atoms with van der Waals surface area (Å²) in [6.07, 6.45) is 1.35. The molecule has 7 nitrogen and oxygen atoms in total. The fourth-order valence-electron chi connectivity index (χ4n) is 2.42. The fraction of sp³-hybridized carbons (Fsp3) is 0.357. The topological polar surface area (TPSA) is 74.3 Å². The Balaban J connectivity index is 1.60. The van der Waals surface area contributed by atoms with Crippen LogP contribution >= 0.6 is 0 Å². The Labute approximate surface area is 122 Å². The molecule has 1 aromatic heterocycles. The van der Waals surface area contributed by atoms with Gasteiger partial charge in [-0.2, -0.15) is 5.10 Å². The van der Waals surface area contributed by atoms with E-state index in [4.69, 9.17) is 4.74 Å². The number of amides is 1. The van der Waals surface area contributed by atoms with Crippen LogP contribution in [0.3, 0.4) is 0 Å². The van der Waals surface area contributed by atoms with Crippen LogP contribution in [-0.2, 0) is 0 Å². The largest absolute Gasteiger partial charge is 0.497 e. The number of aromatic nitrogens is 3. The number of carbonyl (C=O) groups excluding carboxylic acids is 1. The lowest BCUT2D eigenvalue weighted by molar-refractivity contribution is 0.0735. The van der Waals surface area contributed by atoms with Crippen LogP contribution in [0.5, 0.6) is 5.75 Å². The molecule has 110 valence electrons. The molecule has 1 aromatic carbocycles. The molecule has 1 N–H and O–H groups in total. The summed E-state index contributed by atoms with van der Waals surface area (Å²) in [6.45, 7) is 2.94. The maximum Gasteiger partial charge on any atom is 0.291 e. The highest BCUT2D eigenvalue weighted by Gasteiger charge is 2.23. The molecule has 0 atom stereocenters. The predicted molar refractivity (Wildman–Crippen MR) is 77.5 cm³/mol. The van der Waals surface area contributed by atoms with Gasteiger partial charge in [-0.25, -0.2) is 4.98 Å². The van der Waals surface area contributed by atoms with Crippen molar-refractivity contribution in [2.75, 3.05) is 38.2 Å². The van der Waals surface area contributed by atoms with Crippen LogP contribution in [0, 0.1) is 0 Å². The summed E-state index contributed by atoms with van der Waals surface area (Å²) in [6, 6.07) is 7.96. The van der Waals surface area contributed by atoms with Gasteiger partial charge < -0.3 is 14.5 Å². The number of hydrogen-bond acceptors (Lipinski definition) is 5. The highest BCUT2D eigenvalue weighted by Crippen LogP contribution is 2.20. The molecule has 2 aromatic rings. The van der Waals surface area contributed by atoms with Gasteiger partial charge in [0.2, 0.25) is 5.82 Å². The molecule has 2 heterocycles. The maximum absolute atomic E-state index is 12.1. The number of nitrogens with one attached hydrogen (secondary N) is 1. The van der Waals surface area contributed by atoms with Gasteiger partial charge in [-0.15, -0.1) is 0 Å². The fourth-order valence-corrected chi connectivity index (χ4v) is 2.42. The number of H-pyrrole nitrogens is 1. The molecule has 0 unspecified atom stereocenters. The van der Waals surface area contributed by atoms with E-state index in [0.29, 0.717) is 18.9 Å². The van der Waals surface area contributed by atoms with Gasteiger partial charge in [-0.3, -0.25) is 9.89 Å². The molecule has 1 saturated heterocycles. The first-order chi connectivity index (χ1) is 10.3. The third-order valence-electron chi connectivity index (χ3n) is 3.62. The van der Waals surface area contributed by atoms with Crippen molar-refractivity contribution in [3.8, 4) is 5.75 Å². The van der Waals surface area contributed by atoms with E-state index in [1.807, 2.05) is 24.3 Å². The summed E-state index contributed by atoms with van der Waals surface area (Å²) in [5, 5.41) is 6.32. The maximum atomic E-state index is 12.1. The Hall–Kier alpha value is -2.57. The Morgan fingerprint density at radius 3 is 2.48 bits per heavy atom. The summed E-state index contributed by atoms with van der Waals surface area (Å²) in [7, 11) is 1.66. The summed E-state index contributed by atoms with van der Waals surface area (Å²) in [4.78, 5) is 20.1. The van der Waals surface area contributed by atoms with Crippen LogP contribution in [-0.4, -0.2) is 59.3 Å². The van der Waals surface area contributed by atoms with Gasteiger partial charge in [0, 0.05) is 31.9 Å². The van der Waals surface area contributed by atoms with Crippen molar-refractivity contribution in [2.45, 2.75) is 0 Å². The Morgan fingerprint density at radius 1 is 1.19 bits per heavy atom. The number of ether oxygens (including phenoxy) is 1. The molecule has 1 fully saturated rings. The second kappa shape index (κ2) is 5.82. The SMILES string of the molecule is COc1ccc(N2CCN(C(=O)c3ncn[nH]3)CC2)cc1. The number of aromatic amines is 1. The average Bonchev–Trinajstić information content (AvgIpc) is 3.09. The number of carbonyl (C=O) groups is 1. The first-order valence-corrected chi connectivity index (χ1v) is 6.81. The first kappa shape index (κ1) is 13.4. The molecule has 21 heavy (non-hydrogen) atoms. The number of benzene rings is 1. The van der Waals surface area contributed by atoms with Crippen LogP contribution in [0.4, 0.5) is 5.69 Å². The van der Waals surface area contributed by atoms with Crippen molar-refractivity contribution in [1.29, 1.82) is 0 Å². The van der Waals surface area contributed by atoms with Gasteiger partial charge >= 0.3 is 0 Å². The number of nitrogens with zero attached hydrogens (tertiary/aromatic N) is 4. The van der Waals surface area contributed by atoms with Gasteiger partial charge in [0.1, 0.15) is 12.1 Å². The van der Waals surface area contributed by atoms with Gasteiger partial charge in [0.05, 0.1) is 7.11 Å². The third-order valence-corrected chi connectivity index (χ3v) is 3.62. The summed E-state index contributed by atoms with van der Waals surface area (Å²) in [5.41, 5.74) is 1.14. The molecule has 0 spiro atoms. The second-order valence-electron chi connectivity index (χ2n) is 4.81. The van der Waals surface area contributed by atoms with Crippen LogP contribution in [0.2, 0.25) is 0 Å². The van der Waals surface area contributed by atoms with E-state index < -0.39 is 0 Å². The molecule has 1 aliphatic rings. The van der Waals surface area contributed by atoms with E-state index in [-0.39, 0.29) is 5.91 Å². The minimum Gasteiger partial charge on any atom is -0.497 e. The van der Waals surface area contributed by atoms with E-state index in [0.717, 1.165) is 24.5 Å². The molecule has 0 radical (unpaired) electrons. The minimum atomic E-state index is -0.0955. The molecule has 1 aliphatic heterocycles. The molecule has 0 bridgehead atoms. The highest BCUT2D eigenvalue weighted by molar-refractivity contribution is 5.90. The van der Waals surface area contributed by atoms with E-state index in [1.54, 1.807) is 12.0 Å². The quantitative estimate of drug-likeness (QED) is 0.903. The smallest absolute Gasteiger partial charge is 0.291 e. The summed E-state index contributed by atoms with van der Waals surface area (Å²) in [5.74, 6) is 1.05. The standard InChI is InChI=1S/C14H17N5O2/c1-21-12-4-2-11(3-5-12)18-6-8-19(9-7-18)14(20)13-15-10-16-17-13/h2-5,10H,6-9H2,1H3,(H,15,16,17). The number of methoxy groups -OCH3 is 1. The zero-order chi connectivity index (χ0) is 14.7. The zero-order valence-electron chi connectivity index (χ0n) is 11.8. The van der Waals surface area contributed by atoms with E-state index in [9.17, 15) is 4.79 Å². The number of anilines is 1. The highest BCUT2D eigenvalue weighted by atomic mass is 16.5. The molecule has 0 saturated carbocycles. The van der Waals surface area contributed by atoms with Crippen molar-refractivity contribution >= 4 is 11.6 Å². The first-order valence-electron chi connectivity index (χ1n) is 6.81. The zero-order valence-corrected chi connectivity index (χ0v) is 11.8. The van der Waals surface area contributed by atoms with Crippen molar-refractivity contribution < 1.29 is 9.53 Å². The summed E-state index contributed by atoms with van der Waals surface area (Å²) >= 11 is 0. The van der Waals surface area contributed by atoms with Crippen molar-refractivity contribution in [1.82, 2.24) is 20.1 Å². The Kier molecular flexibility index (Phi) is 3.72. The normalized spacial score (nSPS) is 15.1. The van der Waals surface area contributed by atoms with Gasteiger partial charge in [-0.1, -0.05) is 0 Å². The lowest BCUT2D eigenvalue weighted by atomic mass is 10.2. The minimum absolute atomic E-state index is 0.0955. The Morgan fingerprint density at radius 2 is 1.90 bits per heavy atom. The second-order valence-corrected chi connectivity index (χ2v) is 4.81. The molecule has 3 rings (SSSR count). The predicted octanol–water partition coefficient (Wildman–Crippen LogP) is 0.776. The van der Waals surface area contributed by atoms with Crippen LogP contribution < -0.4 is 9.64 Å². The average molecular weight is 287 g/mol. The Bertz CT molecular complexity index is 588. The van der Waals surface area contributed by atoms with E-state index in [2.05, 4.69) is 20.1 Å². The lowest BCUT2D eigenvalue weighted by Crippen LogP contribution is -2.49. The number of hydrogen-bond donors (Lipinski definition) is 1. The molecular formula is C14H17N5O2. The van der Waals surface area contributed by atoms with E-state index in [1.165, 1.54) is 6.33 Å². The monoisotopic (exact) mass is 287 g/mol. The van der Waals surface area contributed by atoms with Crippen molar-refractivity contribution in [2.24, 2.45) is 0 Å². The van der Waals surface area contributed by atoms with Crippen LogP contribution in [0.15, 0.2) is 30.6 Å². The van der Waals surface area contributed by atoms with E-state index >= 15 is 0 Å². The summed E-state index contributed by atoms with van der Waals surface area (Å²) < 4.78 is 5.16. The number of rotatable bonds is 3. The molecule has 1 amide bonds. The van der Waals surface area contributed by atoms with Crippen molar-refractivity contribution in [3.05, 3.63) is 36.4 Å². The van der Waals surface area contributed by atoms with Gasteiger partial charge in [-0.05, 0) is 24.3 Å². The van der Waals surface area contributed by atoms with Gasteiger partial charge in [0.15, 0.2) is 0 Å². The molecule has 0 aliphatic carbocycles. The lowest BCUT2D eigenvalue weighted by Gasteiger charge is -2.35.